The lowest BCUT2D eigenvalue weighted by atomic mass is 10.0. The number of unbranched alkanes of at least 4 members (excludes halogenated alkanes) is 13. The van der Waals surface area contributed by atoms with Crippen LogP contribution in [-0.2, 0) is 0 Å². The predicted molar refractivity (Wildman–Crippen MR) is 147 cm³/mol. The highest BCUT2D eigenvalue weighted by Crippen LogP contribution is 2.29. The fourth-order valence-electron chi connectivity index (χ4n) is 4.58. The molecule has 184 valence electrons. The van der Waals surface area contributed by atoms with Crippen LogP contribution < -0.4 is 4.74 Å². The summed E-state index contributed by atoms with van der Waals surface area (Å²) in [7, 11) is 0. The molecular weight excluding hydrogens is 416 g/mol. The summed E-state index contributed by atoms with van der Waals surface area (Å²) in [6.45, 7) is 3.09. The van der Waals surface area contributed by atoms with Gasteiger partial charge in [-0.25, -0.2) is 0 Å². The van der Waals surface area contributed by atoms with Crippen molar-refractivity contribution < 1.29 is 4.74 Å². The Morgan fingerprint density at radius 1 is 0.765 bits per heavy atom. The molecule has 0 unspecified atom stereocenters. The Morgan fingerprint density at radius 3 is 1.91 bits per heavy atom. The van der Waals surface area contributed by atoms with Crippen molar-refractivity contribution in [2.24, 2.45) is 4.99 Å². The summed E-state index contributed by atoms with van der Waals surface area (Å²) in [6.07, 6.45) is 27.1. The minimum atomic E-state index is 0.801. The third kappa shape index (κ3) is 9.37. The average molecular weight is 461 g/mol. The number of H-pyrrole nitrogens is 1. The number of hydrogen-bond acceptors (Lipinski definition) is 2. The third-order valence-corrected chi connectivity index (χ3v) is 6.59. The molecule has 0 saturated carbocycles. The minimum Gasteiger partial charge on any atom is -0.494 e. The monoisotopic (exact) mass is 460 g/mol. The quantitative estimate of drug-likeness (QED) is 0.221. The number of ether oxygens (including phenoxy) is 1. The Labute approximate surface area is 207 Å². The standard InChI is InChI=1S/C31H44N2O/c1-2-3-4-5-6-7-8-9-10-11-12-13-14-15-26-34-28-22-20-27(21-23-28)31(29-18-16-24-32-29)30-19-17-25-33-30/h16-25,32H,2-15,26H2,1H3/b31-30+. The normalized spacial score (nSPS) is 14.1. The molecule has 0 amide bonds. The molecule has 1 aromatic carbocycles. The van der Waals surface area contributed by atoms with Gasteiger partial charge in [0.1, 0.15) is 5.75 Å². The molecule has 3 rings (SSSR count). The van der Waals surface area contributed by atoms with Crippen molar-refractivity contribution in [3.63, 3.8) is 0 Å². The zero-order valence-electron chi connectivity index (χ0n) is 21.2. The molecule has 2 heterocycles. The number of aliphatic imine (C=N–C) groups is 1. The number of benzene rings is 1. The van der Waals surface area contributed by atoms with Crippen LogP contribution in [-0.4, -0.2) is 17.8 Å². The lowest BCUT2D eigenvalue weighted by Gasteiger charge is -2.10. The predicted octanol–water partition coefficient (Wildman–Crippen LogP) is 9.27. The molecule has 0 bridgehead atoms. The van der Waals surface area contributed by atoms with Gasteiger partial charge >= 0.3 is 0 Å². The number of hydrogen-bond donors (Lipinski definition) is 1. The molecule has 0 saturated heterocycles. The summed E-state index contributed by atoms with van der Waals surface area (Å²) in [5, 5.41) is 0. The summed E-state index contributed by atoms with van der Waals surface area (Å²) in [4.78, 5) is 7.82. The minimum absolute atomic E-state index is 0.801. The van der Waals surface area contributed by atoms with Crippen LogP contribution in [0.15, 0.2) is 65.4 Å². The van der Waals surface area contributed by atoms with E-state index in [0.29, 0.717) is 0 Å². The molecular formula is C31H44N2O. The van der Waals surface area contributed by atoms with E-state index in [2.05, 4.69) is 53.3 Å². The molecule has 1 aliphatic rings. The highest BCUT2D eigenvalue weighted by Gasteiger charge is 2.12. The summed E-state index contributed by atoms with van der Waals surface area (Å²) in [5.74, 6) is 0.944. The Hall–Kier alpha value is -2.55. The zero-order chi connectivity index (χ0) is 23.7. The number of aromatic amines is 1. The SMILES string of the molecule is CCCCCCCCCCCCCCCCOc1ccc(/C(=C2/C=CC=N2)c2ccc[nH]2)cc1. The molecule has 1 N–H and O–H groups in total. The van der Waals surface area contributed by atoms with Crippen LogP contribution in [0.5, 0.6) is 5.75 Å². The second-order valence-corrected chi connectivity index (χ2v) is 9.45. The van der Waals surface area contributed by atoms with E-state index in [-0.39, 0.29) is 0 Å². The Morgan fingerprint density at radius 2 is 1.38 bits per heavy atom. The van der Waals surface area contributed by atoms with Gasteiger partial charge in [0.15, 0.2) is 0 Å². The number of allylic oxidation sites excluding steroid dienone is 2. The van der Waals surface area contributed by atoms with E-state index < -0.39 is 0 Å². The van der Waals surface area contributed by atoms with Crippen LogP contribution in [0.25, 0.3) is 5.57 Å². The maximum absolute atomic E-state index is 6.00. The van der Waals surface area contributed by atoms with E-state index in [1.807, 2.05) is 24.6 Å². The van der Waals surface area contributed by atoms with Crippen LogP contribution in [0.1, 0.15) is 108 Å². The van der Waals surface area contributed by atoms with Gasteiger partial charge in [-0.05, 0) is 48.4 Å². The van der Waals surface area contributed by atoms with Crippen molar-refractivity contribution in [3.05, 3.63) is 71.7 Å². The first-order valence-electron chi connectivity index (χ1n) is 13.7. The Bertz CT molecular complexity index is 861. The van der Waals surface area contributed by atoms with E-state index in [1.54, 1.807) is 0 Å². The Kier molecular flexibility index (Phi) is 12.4. The Balaban J connectivity index is 1.25. The van der Waals surface area contributed by atoms with Crippen molar-refractivity contribution in [1.82, 2.24) is 4.98 Å². The first-order valence-corrected chi connectivity index (χ1v) is 13.7. The van der Waals surface area contributed by atoms with Crippen LogP contribution in [0.2, 0.25) is 0 Å². The van der Waals surface area contributed by atoms with Crippen molar-refractivity contribution in [1.29, 1.82) is 0 Å². The van der Waals surface area contributed by atoms with Crippen molar-refractivity contribution in [2.45, 2.75) is 96.8 Å². The van der Waals surface area contributed by atoms with Crippen LogP contribution in [0.3, 0.4) is 0 Å². The zero-order valence-corrected chi connectivity index (χ0v) is 21.2. The second kappa shape index (κ2) is 16.1. The molecule has 3 nitrogen and oxygen atoms in total. The van der Waals surface area contributed by atoms with Gasteiger partial charge in [-0.3, -0.25) is 4.99 Å². The molecule has 34 heavy (non-hydrogen) atoms. The van der Waals surface area contributed by atoms with Crippen LogP contribution in [0, 0.1) is 0 Å². The summed E-state index contributed by atoms with van der Waals surface area (Å²) < 4.78 is 6.00. The van der Waals surface area contributed by atoms with Gasteiger partial charge in [-0.15, -0.1) is 0 Å². The first-order chi connectivity index (χ1) is 16.9. The molecule has 0 spiro atoms. The van der Waals surface area contributed by atoms with Crippen molar-refractivity contribution >= 4 is 11.8 Å². The summed E-state index contributed by atoms with van der Waals surface area (Å²) >= 11 is 0. The molecule has 1 aromatic heterocycles. The first kappa shape index (κ1) is 26.1. The van der Waals surface area contributed by atoms with Crippen LogP contribution >= 0.6 is 0 Å². The van der Waals surface area contributed by atoms with E-state index >= 15 is 0 Å². The second-order valence-electron chi connectivity index (χ2n) is 9.45. The fourth-order valence-corrected chi connectivity index (χ4v) is 4.58. The maximum atomic E-state index is 6.00. The topological polar surface area (TPSA) is 37.4 Å². The van der Waals surface area contributed by atoms with E-state index in [0.717, 1.165) is 41.3 Å². The lowest BCUT2D eigenvalue weighted by Crippen LogP contribution is -1.98. The molecule has 3 heteroatoms. The van der Waals surface area contributed by atoms with Crippen molar-refractivity contribution in [3.8, 4) is 5.75 Å². The van der Waals surface area contributed by atoms with Crippen molar-refractivity contribution in [2.75, 3.05) is 6.61 Å². The number of rotatable bonds is 18. The highest BCUT2D eigenvalue weighted by molar-refractivity contribution is 5.88. The van der Waals surface area contributed by atoms with Gasteiger partial charge in [-0.2, -0.15) is 0 Å². The smallest absolute Gasteiger partial charge is 0.119 e. The number of aromatic nitrogens is 1. The molecule has 0 fully saturated rings. The van der Waals surface area contributed by atoms with Gasteiger partial charge in [0.05, 0.1) is 12.3 Å². The third-order valence-electron chi connectivity index (χ3n) is 6.59. The van der Waals surface area contributed by atoms with E-state index in [1.165, 1.54) is 83.5 Å². The van der Waals surface area contributed by atoms with E-state index in [9.17, 15) is 0 Å². The van der Waals surface area contributed by atoms with Gasteiger partial charge in [0.25, 0.3) is 0 Å². The number of nitrogens with zero attached hydrogens (tertiary/aromatic N) is 1. The molecule has 1 aliphatic heterocycles. The number of nitrogens with one attached hydrogen (secondary N) is 1. The molecule has 2 aromatic rings. The molecule has 0 aliphatic carbocycles. The molecule has 0 radical (unpaired) electrons. The van der Waals surface area contributed by atoms with E-state index in [4.69, 9.17) is 4.74 Å². The molecule has 0 atom stereocenters. The fraction of sp³-hybridized carbons (Fsp3) is 0.516. The lowest BCUT2D eigenvalue weighted by molar-refractivity contribution is 0.304. The summed E-state index contributed by atoms with van der Waals surface area (Å²) in [5.41, 5.74) is 4.33. The van der Waals surface area contributed by atoms with Gasteiger partial charge in [-0.1, -0.05) is 103 Å². The highest BCUT2D eigenvalue weighted by atomic mass is 16.5. The average Bonchev–Trinajstić information content (AvgIpc) is 3.58. The van der Waals surface area contributed by atoms with Gasteiger partial charge in [0.2, 0.25) is 0 Å². The van der Waals surface area contributed by atoms with Gasteiger partial charge < -0.3 is 9.72 Å². The largest absolute Gasteiger partial charge is 0.494 e. The van der Waals surface area contributed by atoms with Crippen LogP contribution in [0.4, 0.5) is 0 Å². The van der Waals surface area contributed by atoms with Gasteiger partial charge in [0, 0.05) is 23.7 Å². The maximum Gasteiger partial charge on any atom is 0.119 e. The summed E-state index contributed by atoms with van der Waals surface area (Å²) in [6, 6.07) is 12.5.